The van der Waals surface area contributed by atoms with Crippen LogP contribution in [-0.4, -0.2) is 43.6 Å². The Labute approximate surface area is 163 Å². The van der Waals surface area contributed by atoms with Crippen LogP contribution in [0.2, 0.25) is 0 Å². The Hall–Kier alpha value is -3.22. The topological polar surface area (TPSA) is 79.9 Å². The number of amides is 3. The summed E-state index contributed by atoms with van der Waals surface area (Å²) >= 11 is 0. The molecule has 0 aliphatic carbocycles. The molecule has 28 heavy (non-hydrogen) atoms. The van der Waals surface area contributed by atoms with Crippen molar-refractivity contribution in [3.05, 3.63) is 48.0 Å². The Morgan fingerprint density at radius 3 is 2.68 bits per heavy atom. The molecule has 1 fully saturated rings. The van der Waals surface area contributed by atoms with Crippen LogP contribution >= 0.6 is 0 Å². The number of fused-ring (bicyclic) bond motifs is 2. The number of urea groups is 1. The van der Waals surface area contributed by atoms with Gasteiger partial charge < -0.3 is 25.0 Å². The summed E-state index contributed by atoms with van der Waals surface area (Å²) in [5.41, 5.74) is 1.65. The Kier molecular flexibility index (Phi) is 4.58. The van der Waals surface area contributed by atoms with E-state index in [1.165, 1.54) is 0 Å². The molecule has 1 spiro atoms. The molecule has 2 aromatic rings. The van der Waals surface area contributed by atoms with Crippen LogP contribution in [0.4, 0.5) is 16.2 Å². The first-order chi connectivity index (χ1) is 13.6. The summed E-state index contributed by atoms with van der Waals surface area (Å²) in [6.45, 7) is 3.36. The molecule has 1 atom stereocenters. The fourth-order valence-corrected chi connectivity index (χ4v) is 3.91. The molecule has 4 rings (SSSR count). The molecule has 2 N–H and O–H groups in total. The first-order valence-electron chi connectivity index (χ1n) is 9.34. The van der Waals surface area contributed by atoms with Crippen LogP contribution in [0.5, 0.6) is 11.5 Å². The van der Waals surface area contributed by atoms with E-state index in [4.69, 9.17) is 9.47 Å². The van der Waals surface area contributed by atoms with Gasteiger partial charge in [0.05, 0.1) is 19.1 Å². The molecular formula is C21H23N3O4. The van der Waals surface area contributed by atoms with Crippen molar-refractivity contribution in [2.75, 3.05) is 37.4 Å². The van der Waals surface area contributed by atoms with Crippen molar-refractivity contribution in [1.82, 2.24) is 4.90 Å². The van der Waals surface area contributed by atoms with Crippen molar-refractivity contribution in [3.63, 3.8) is 0 Å². The molecule has 0 bridgehead atoms. The quantitative estimate of drug-likeness (QED) is 0.852. The maximum absolute atomic E-state index is 12.8. The smallest absolute Gasteiger partial charge is 0.321 e. The largest absolute Gasteiger partial charge is 0.497 e. The van der Waals surface area contributed by atoms with Crippen molar-refractivity contribution >= 4 is 23.3 Å². The minimum atomic E-state index is -0.722. The van der Waals surface area contributed by atoms with Crippen LogP contribution in [0, 0.1) is 0 Å². The number of ether oxygens (including phenoxy) is 2. The third kappa shape index (κ3) is 3.02. The van der Waals surface area contributed by atoms with Gasteiger partial charge in [-0.15, -0.1) is 0 Å². The average molecular weight is 381 g/mol. The summed E-state index contributed by atoms with van der Waals surface area (Å²) in [4.78, 5) is 27.2. The summed E-state index contributed by atoms with van der Waals surface area (Å²) in [7, 11) is 1.60. The highest BCUT2D eigenvalue weighted by Gasteiger charge is 2.52. The van der Waals surface area contributed by atoms with E-state index in [2.05, 4.69) is 10.6 Å². The number of rotatable bonds is 4. The van der Waals surface area contributed by atoms with Crippen LogP contribution in [0.3, 0.4) is 0 Å². The van der Waals surface area contributed by atoms with E-state index in [0.717, 1.165) is 17.0 Å². The highest BCUT2D eigenvalue weighted by Crippen LogP contribution is 2.45. The monoisotopic (exact) mass is 381 g/mol. The molecule has 0 saturated carbocycles. The Morgan fingerprint density at radius 2 is 1.96 bits per heavy atom. The highest BCUT2D eigenvalue weighted by atomic mass is 16.5. The predicted octanol–water partition coefficient (Wildman–Crippen LogP) is 3.22. The predicted molar refractivity (Wildman–Crippen MR) is 106 cm³/mol. The van der Waals surface area contributed by atoms with Gasteiger partial charge in [0.15, 0.2) is 0 Å². The standard InChI is InChI=1S/C21H23N3O4/c1-3-28-15-6-4-14(5-7-15)22-20(26)24-11-10-21(13-24)17-12-16(27-2)8-9-18(17)23-19(21)25/h4-9,12H,3,10-11,13H2,1-2H3,(H,22,26)(H,23,25)/t21-/m0/s1. The van der Waals surface area contributed by atoms with Gasteiger partial charge in [-0.1, -0.05) is 0 Å². The number of nitrogens with one attached hydrogen (secondary N) is 2. The van der Waals surface area contributed by atoms with Crippen LogP contribution in [0.1, 0.15) is 18.9 Å². The van der Waals surface area contributed by atoms with Gasteiger partial charge in [0.1, 0.15) is 11.5 Å². The van der Waals surface area contributed by atoms with Crippen molar-refractivity contribution in [2.24, 2.45) is 0 Å². The number of carbonyl (C=O) groups is 2. The third-order valence-corrected chi connectivity index (χ3v) is 5.40. The lowest BCUT2D eigenvalue weighted by molar-refractivity contribution is -0.120. The zero-order valence-corrected chi connectivity index (χ0v) is 16.0. The number of likely N-dealkylation sites (tertiary alicyclic amines) is 1. The fourth-order valence-electron chi connectivity index (χ4n) is 3.91. The molecule has 2 aromatic carbocycles. The lowest BCUT2D eigenvalue weighted by Crippen LogP contribution is -2.40. The van der Waals surface area contributed by atoms with E-state index in [0.29, 0.717) is 37.6 Å². The van der Waals surface area contributed by atoms with E-state index in [9.17, 15) is 9.59 Å². The first-order valence-corrected chi connectivity index (χ1v) is 9.34. The summed E-state index contributed by atoms with van der Waals surface area (Å²) in [6, 6.07) is 12.6. The molecule has 7 heteroatoms. The maximum atomic E-state index is 12.8. The molecule has 1 saturated heterocycles. The number of nitrogens with zero attached hydrogens (tertiary/aromatic N) is 1. The maximum Gasteiger partial charge on any atom is 0.321 e. The highest BCUT2D eigenvalue weighted by molar-refractivity contribution is 6.07. The number of hydrogen-bond acceptors (Lipinski definition) is 4. The molecule has 2 heterocycles. The molecule has 0 unspecified atom stereocenters. The first kappa shape index (κ1) is 18.2. The van der Waals surface area contributed by atoms with Gasteiger partial charge >= 0.3 is 6.03 Å². The van der Waals surface area contributed by atoms with E-state index in [1.54, 1.807) is 24.1 Å². The van der Waals surface area contributed by atoms with Crippen molar-refractivity contribution in [3.8, 4) is 11.5 Å². The van der Waals surface area contributed by atoms with Gasteiger partial charge in [-0.3, -0.25) is 4.79 Å². The Morgan fingerprint density at radius 1 is 1.21 bits per heavy atom. The number of benzene rings is 2. The lowest BCUT2D eigenvalue weighted by atomic mass is 9.81. The molecular weight excluding hydrogens is 358 g/mol. The second-order valence-corrected chi connectivity index (χ2v) is 7.01. The molecule has 0 radical (unpaired) electrons. The molecule has 2 aliphatic rings. The molecule has 3 amide bonds. The van der Waals surface area contributed by atoms with Crippen LogP contribution in [0.15, 0.2) is 42.5 Å². The Balaban J connectivity index is 1.49. The molecule has 7 nitrogen and oxygen atoms in total. The summed E-state index contributed by atoms with van der Waals surface area (Å²) < 4.78 is 10.7. The average Bonchev–Trinajstić information content (AvgIpc) is 3.27. The van der Waals surface area contributed by atoms with Gasteiger partial charge in [-0.05, 0) is 61.4 Å². The minimum absolute atomic E-state index is 0.0629. The summed E-state index contributed by atoms with van der Waals surface area (Å²) in [5, 5.41) is 5.84. The number of methoxy groups -OCH3 is 1. The normalized spacial score (nSPS) is 20.1. The van der Waals surface area contributed by atoms with Crippen LogP contribution < -0.4 is 20.1 Å². The van der Waals surface area contributed by atoms with Crippen LogP contribution in [-0.2, 0) is 10.2 Å². The number of carbonyl (C=O) groups excluding carboxylic acids is 2. The van der Waals surface area contributed by atoms with Crippen molar-refractivity contribution in [2.45, 2.75) is 18.8 Å². The van der Waals surface area contributed by atoms with Gasteiger partial charge in [-0.25, -0.2) is 4.79 Å². The molecule has 146 valence electrons. The zero-order valence-electron chi connectivity index (χ0n) is 16.0. The van der Waals surface area contributed by atoms with Crippen molar-refractivity contribution in [1.29, 1.82) is 0 Å². The van der Waals surface area contributed by atoms with E-state index in [-0.39, 0.29) is 11.9 Å². The van der Waals surface area contributed by atoms with Gasteiger partial charge in [0, 0.05) is 24.5 Å². The SMILES string of the molecule is CCOc1ccc(NC(=O)N2CC[C@@]3(C2)C(=O)Nc2ccc(OC)cc23)cc1. The fraction of sp³-hybridized carbons (Fsp3) is 0.333. The number of hydrogen-bond donors (Lipinski definition) is 2. The van der Waals surface area contributed by atoms with Gasteiger partial charge in [0.2, 0.25) is 5.91 Å². The van der Waals surface area contributed by atoms with Crippen LogP contribution in [0.25, 0.3) is 0 Å². The summed E-state index contributed by atoms with van der Waals surface area (Å²) in [5.74, 6) is 1.40. The second-order valence-electron chi connectivity index (χ2n) is 7.01. The van der Waals surface area contributed by atoms with E-state index >= 15 is 0 Å². The lowest BCUT2D eigenvalue weighted by Gasteiger charge is -2.23. The van der Waals surface area contributed by atoms with E-state index < -0.39 is 5.41 Å². The van der Waals surface area contributed by atoms with E-state index in [1.807, 2.05) is 37.3 Å². The second kappa shape index (κ2) is 7.07. The third-order valence-electron chi connectivity index (χ3n) is 5.40. The molecule has 2 aliphatic heterocycles. The minimum Gasteiger partial charge on any atom is -0.497 e. The number of anilines is 2. The van der Waals surface area contributed by atoms with Gasteiger partial charge in [0.25, 0.3) is 0 Å². The molecule has 0 aromatic heterocycles. The zero-order chi connectivity index (χ0) is 19.7. The van der Waals surface area contributed by atoms with Crippen molar-refractivity contribution < 1.29 is 19.1 Å². The Bertz CT molecular complexity index is 912. The summed E-state index contributed by atoms with van der Waals surface area (Å²) in [6.07, 6.45) is 0.579. The van der Waals surface area contributed by atoms with Gasteiger partial charge in [-0.2, -0.15) is 0 Å².